The minimum Gasteiger partial charge on any atom is -0.366 e. The van der Waals surface area contributed by atoms with E-state index >= 15 is 0 Å². The molecule has 0 saturated heterocycles. The third-order valence-electron chi connectivity index (χ3n) is 3.67. The van der Waals surface area contributed by atoms with E-state index in [1.165, 1.54) is 6.08 Å². The second kappa shape index (κ2) is 11.9. The van der Waals surface area contributed by atoms with Crippen LogP contribution in [-0.2, 0) is 11.3 Å². The second-order valence-electron chi connectivity index (χ2n) is 5.77. The summed E-state index contributed by atoms with van der Waals surface area (Å²) >= 11 is 6.94. The first-order chi connectivity index (χ1) is 14.0. The molecular formula is C22H19Br2N3O2. The predicted molar refractivity (Wildman–Crippen MR) is 122 cm³/mol. The number of benzene rings is 2. The number of nitrogens with zero attached hydrogens (tertiary/aromatic N) is 1. The highest BCUT2D eigenvalue weighted by Crippen LogP contribution is 2.24. The third kappa shape index (κ3) is 8.01. The van der Waals surface area contributed by atoms with E-state index in [9.17, 15) is 9.59 Å². The quantitative estimate of drug-likeness (QED) is 0.481. The molecule has 0 aliphatic carbocycles. The summed E-state index contributed by atoms with van der Waals surface area (Å²) in [5.74, 6) is -0.514. The molecule has 3 aromatic rings. The molecule has 3 rings (SSSR count). The maximum Gasteiger partial charge on any atom is 0.251 e. The Morgan fingerprint density at radius 1 is 0.931 bits per heavy atom. The van der Waals surface area contributed by atoms with Gasteiger partial charge in [0.1, 0.15) is 0 Å². The maximum atomic E-state index is 11.9. The molecule has 0 aliphatic heterocycles. The molecule has 3 N–H and O–H groups in total. The monoisotopic (exact) mass is 515 g/mol. The van der Waals surface area contributed by atoms with Crippen LogP contribution in [0.15, 0.2) is 88.1 Å². The molecule has 2 amide bonds. The zero-order chi connectivity index (χ0) is 21.1. The fraction of sp³-hybridized carbons (Fsp3) is 0.0455. The minimum atomic E-state index is -0.443. The van der Waals surface area contributed by atoms with Crippen LogP contribution in [0.4, 0.5) is 0 Å². The number of carbonyl (C=O) groups excluding carboxylic acids is 2. The van der Waals surface area contributed by atoms with E-state index < -0.39 is 5.91 Å². The lowest BCUT2D eigenvalue weighted by molar-refractivity contribution is -0.113. The molecule has 0 bridgehead atoms. The van der Waals surface area contributed by atoms with Crippen molar-refractivity contribution in [3.63, 3.8) is 0 Å². The number of nitrogens with one attached hydrogen (secondary N) is 1. The summed E-state index contributed by atoms with van der Waals surface area (Å²) in [6, 6.07) is 18.6. The zero-order valence-electron chi connectivity index (χ0n) is 15.4. The van der Waals surface area contributed by atoms with Gasteiger partial charge >= 0.3 is 0 Å². The summed E-state index contributed by atoms with van der Waals surface area (Å²) in [6.07, 6.45) is 6.26. The van der Waals surface area contributed by atoms with E-state index in [1.54, 1.807) is 42.7 Å². The Morgan fingerprint density at radius 3 is 2.14 bits per heavy atom. The number of halogens is 2. The number of hydrogen-bond acceptors (Lipinski definition) is 3. The van der Waals surface area contributed by atoms with E-state index in [-0.39, 0.29) is 5.91 Å². The van der Waals surface area contributed by atoms with E-state index in [2.05, 4.69) is 42.2 Å². The van der Waals surface area contributed by atoms with Crippen molar-refractivity contribution in [2.45, 2.75) is 6.54 Å². The fourth-order valence-corrected chi connectivity index (χ4v) is 3.49. The Morgan fingerprint density at radius 2 is 1.55 bits per heavy atom. The summed E-state index contributed by atoms with van der Waals surface area (Å²) < 4.78 is 1.95. The zero-order valence-corrected chi connectivity index (χ0v) is 18.6. The number of primary amides is 1. The number of amides is 2. The van der Waals surface area contributed by atoms with Gasteiger partial charge in [0, 0.05) is 39.5 Å². The van der Waals surface area contributed by atoms with Gasteiger partial charge in [-0.1, -0.05) is 56.1 Å². The van der Waals surface area contributed by atoms with Gasteiger partial charge in [0.15, 0.2) is 0 Å². The number of carbonyl (C=O) groups is 2. The maximum absolute atomic E-state index is 11.9. The smallest absolute Gasteiger partial charge is 0.251 e. The molecule has 2 aromatic carbocycles. The van der Waals surface area contributed by atoms with Crippen LogP contribution in [0, 0.1) is 0 Å². The molecule has 0 aliphatic rings. The average molecular weight is 517 g/mol. The number of aromatic nitrogens is 1. The standard InChI is InChI=1S/C14H11Br2NO.C8H8N2O/c15-12-7-4-8-13(16)11(12)9-17-14(18)10-5-2-1-3-6-10;9-8(11)2-1-7-3-5-10-6-4-7/h1-8H,9H2,(H,17,18);1-6H,(H2,9,11)/b;2-1+. The average Bonchev–Trinajstić information content (AvgIpc) is 2.73. The molecule has 0 radical (unpaired) electrons. The lowest BCUT2D eigenvalue weighted by Crippen LogP contribution is -2.23. The summed E-state index contributed by atoms with van der Waals surface area (Å²) in [4.78, 5) is 26.0. The molecule has 0 atom stereocenters. The Kier molecular flexibility index (Phi) is 9.27. The number of nitrogens with two attached hydrogens (primary N) is 1. The molecule has 5 nitrogen and oxygen atoms in total. The highest BCUT2D eigenvalue weighted by atomic mass is 79.9. The SMILES string of the molecule is NC(=O)/C=C/c1ccncc1.O=C(NCc1c(Br)cccc1Br)c1ccccc1. The first-order valence-electron chi connectivity index (χ1n) is 8.61. The van der Waals surface area contributed by atoms with E-state index in [0.29, 0.717) is 12.1 Å². The van der Waals surface area contributed by atoms with Gasteiger partial charge in [0.05, 0.1) is 0 Å². The first kappa shape index (κ1) is 22.5. The van der Waals surface area contributed by atoms with Crippen molar-refractivity contribution in [2.75, 3.05) is 0 Å². The fourth-order valence-electron chi connectivity index (χ4n) is 2.21. The number of pyridine rings is 1. The van der Waals surface area contributed by atoms with Crippen LogP contribution >= 0.6 is 31.9 Å². The van der Waals surface area contributed by atoms with Crippen molar-refractivity contribution in [3.8, 4) is 0 Å². The molecule has 29 heavy (non-hydrogen) atoms. The van der Waals surface area contributed by atoms with Crippen LogP contribution in [0.3, 0.4) is 0 Å². The Labute approximate surface area is 186 Å². The van der Waals surface area contributed by atoms with E-state index in [1.807, 2.05) is 36.4 Å². The van der Waals surface area contributed by atoms with Crippen LogP contribution in [0.5, 0.6) is 0 Å². The van der Waals surface area contributed by atoms with Crippen molar-refractivity contribution in [1.29, 1.82) is 0 Å². The molecule has 7 heteroatoms. The number of rotatable bonds is 5. The predicted octanol–water partition coefficient (Wildman–Crippen LogP) is 4.72. The normalized spacial score (nSPS) is 10.1. The highest BCUT2D eigenvalue weighted by molar-refractivity contribution is 9.11. The summed E-state index contributed by atoms with van der Waals surface area (Å²) in [5.41, 5.74) is 7.51. The highest BCUT2D eigenvalue weighted by Gasteiger charge is 2.08. The van der Waals surface area contributed by atoms with Gasteiger partial charge < -0.3 is 11.1 Å². The number of hydrogen-bond donors (Lipinski definition) is 2. The molecule has 0 fully saturated rings. The minimum absolute atomic E-state index is 0.0711. The molecule has 148 valence electrons. The van der Waals surface area contributed by atoms with Gasteiger partial charge in [-0.2, -0.15) is 0 Å². The molecule has 1 heterocycles. The molecular weight excluding hydrogens is 498 g/mol. The van der Waals surface area contributed by atoms with E-state index in [0.717, 1.165) is 20.1 Å². The van der Waals surface area contributed by atoms with Gasteiger partial charge in [-0.15, -0.1) is 0 Å². The van der Waals surface area contributed by atoms with Crippen LogP contribution in [0.2, 0.25) is 0 Å². The van der Waals surface area contributed by atoms with Crippen LogP contribution in [0.25, 0.3) is 6.08 Å². The lowest BCUT2D eigenvalue weighted by atomic mass is 10.2. The Bertz CT molecular complexity index is 958. The largest absolute Gasteiger partial charge is 0.366 e. The van der Waals surface area contributed by atoms with Crippen molar-refractivity contribution in [3.05, 3.63) is 105 Å². The van der Waals surface area contributed by atoms with Gasteiger partial charge in [0.2, 0.25) is 5.91 Å². The molecule has 1 aromatic heterocycles. The van der Waals surface area contributed by atoms with Crippen LogP contribution in [0.1, 0.15) is 21.5 Å². The van der Waals surface area contributed by atoms with Crippen molar-refractivity contribution in [1.82, 2.24) is 10.3 Å². The Hall–Kier alpha value is -2.77. The molecule has 0 spiro atoms. The van der Waals surface area contributed by atoms with Gasteiger partial charge in [-0.25, -0.2) is 0 Å². The van der Waals surface area contributed by atoms with Gasteiger partial charge in [-0.3, -0.25) is 14.6 Å². The van der Waals surface area contributed by atoms with Crippen LogP contribution < -0.4 is 11.1 Å². The van der Waals surface area contributed by atoms with Crippen molar-refractivity contribution < 1.29 is 9.59 Å². The summed E-state index contributed by atoms with van der Waals surface area (Å²) in [5, 5.41) is 2.90. The Balaban J connectivity index is 0.000000234. The second-order valence-corrected chi connectivity index (χ2v) is 7.47. The van der Waals surface area contributed by atoms with Crippen molar-refractivity contribution >= 4 is 49.8 Å². The van der Waals surface area contributed by atoms with Crippen molar-refractivity contribution in [2.24, 2.45) is 5.73 Å². The third-order valence-corrected chi connectivity index (χ3v) is 5.16. The summed E-state index contributed by atoms with van der Waals surface area (Å²) in [6.45, 7) is 0.482. The first-order valence-corrected chi connectivity index (χ1v) is 10.2. The van der Waals surface area contributed by atoms with Gasteiger partial charge in [0.25, 0.3) is 5.91 Å². The van der Waals surface area contributed by atoms with Gasteiger partial charge in [-0.05, 0) is 53.6 Å². The molecule has 0 saturated carbocycles. The topological polar surface area (TPSA) is 85.1 Å². The lowest BCUT2D eigenvalue weighted by Gasteiger charge is -2.09. The van der Waals surface area contributed by atoms with Crippen LogP contribution in [-0.4, -0.2) is 16.8 Å². The summed E-state index contributed by atoms with van der Waals surface area (Å²) in [7, 11) is 0. The van der Waals surface area contributed by atoms with E-state index in [4.69, 9.17) is 5.73 Å². The molecule has 0 unspecified atom stereocenters.